The molecule has 78 valence electrons. The van der Waals surface area contributed by atoms with Crippen molar-refractivity contribution < 1.29 is 5.11 Å². The number of aliphatic hydroxyl groups excluding tert-OH is 1. The van der Waals surface area contributed by atoms with Crippen molar-refractivity contribution in [3.8, 4) is 0 Å². The number of benzene rings is 1. The molecular weight excluding hydrogens is 186 g/mol. The Bertz CT molecular complexity index is 477. The van der Waals surface area contributed by atoms with Crippen LogP contribution in [-0.2, 0) is 6.42 Å². The number of hydrogen-bond donors (Lipinski definition) is 1. The smallest absolute Gasteiger partial charge is 0.0938 e. The van der Waals surface area contributed by atoms with Crippen LogP contribution in [0, 0.1) is 0 Å². The largest absolute Gasteiger partial charge is 0.387 e. The molecule has 0 radical (unpaired) electrons. The first-order valence-electron chi connectivity index (χ1n) is 5.28. The van der Waals surface area contributed by atoms with Gasteiger partial charge in [-0.2, -0.15) is 0 Å². The summed E-state index contributed by atoms with van der Waals surface area (Å²) in [6, 6.07) is 8.29. The third-order valence-corrected chi connectivity index (χ3v) is 2.67. The van der Waals surface area contributed by atoms with Crippen LogP contribution >= 0.6 is 0 Å². The normalized spacial score (nSPS) is 13.0. The fourth-order valence-corrected chi connectivity index (χ4v) is 1.79. The number of nitrogens with zero attached hydrogens (tertiary/aromatic N) is 1. The van der Waals surface area contributed by atoms with E-state index in [-0.39, 0.29) is 0 Å². The Morgan fingerprint density at radius 3 is 2.80 bits per heavy atom. The van der Waals surface area contributed by atoms with Gasteiger partial charge in [0.05, 0.1) is 11.8 Å². The Kier molecular flexibility index (Phi) is 2.69. The van der Waals surface area contributed by atoms with Gasteiger partial charge in [0.1, 0.15) is 0 Å². The van der Waals surface area contributed by atoms with E-state index in [4.69, 9.17) is 0 Å². The van der Waals surface area contributed by atoms with Crippen molar-refractivity contribution in [2.75, 3.05) is 0 Å². The number of aromatic nitrogens is 1. The molecular formula is C13H15NO. The van der Waals surface area contributed by atoms with Gasteiger partial charge >= 0.3 is 0 Å². The first-order chi connectivity index (χ1) is 7.22. The standard InChI is InChI=1S/C13H15NO/c1-3-10-4-5-11-6-7-14-13(9(2)15)12(11)8-10/h4-9,15H,3H2,1-2H3. The molecule has 2 nitrogen and oxygen atoms in total. The zero-order valence-electron chi connectivity index (χ0n) is 9.07. The van der Waals surface area contributed by atoms with Crippen molar-refractivity contribution in [2.24, 2.45) is 0 Å². The number of aliphatic hydroxyl groups is 1. The summed E-state index contributed by atoms with van der Waals surface area (Å²) in [5.74, 6) is 0. The van der Waals surface area contributed by atoms with E-state index in [1.165, 1.54) is 5.56 Å². The van der Waals surface area contributed by atoms with E-state index in [9.17, 15) is 5.11 Å². The maximum absolute atomic E-state index is 9.62. The van der Waals surface area contributed by atoms with Crippen molar-refractivity contribution >= 4 is 10.8 Å². The molecule has 1 unspecified atom stereocenters. The second-order valence-corrected chi connectivity index (χ2v) is 3.78. The Labute approximate surface area is 89.6 Å². The Morgan fingerprint density at radius 1 is 1.33 bits per heavy atom. The average Bonchev–Trinajstić information content (AvgIpc) is 2.27. The third-order valence-electron chi connectivity index (χ3n) is 2.67. The van der Waals surface area contributed by atoms with Gasteiger partial charge in [-0.3, -0.25) is 4.98 Å². The molecule has 0 saturated carbocycles. The number of pyridine rings is 1. The minimum atomic E-state index is -0.513. The molecule has 1 aromatic heterocycles. The van der Waals surface area contributed by atoms with Gasteiger partial charge in [-0.1, -0.05) is 19.1 Å². The Balaban J connectivity index is 2.70. The van der Waals surface area contributed by atoms with E-state index in [2.05, 4.69) is 30.1 Å². The summed E-state index contributed by atoms with van der Waals surface area (Å²) in [5, 5.41) is 11.8. The van der Waals surface area contributed by atoms with Crippen LogP contribution in [-0.4, -0.2) is 10.1 Å². The monoisotopic (exact) mass is 201 g/mol. The van der Waals surface area contributed by atoms with E-state index < -0.39 is 6.10 Å². The summed E-state index contributed by atoms with van der Waals surface area (Å²) in [5.41, 5.74) is 2.04. The predicted molar refractivity (Wildman–Crippen MR) is 61.8 cm³/mol. The molecule has 0 spiro atoms. The molecule has 1 aromatic carbocycles. The molecule has 2 aromatic rings. The number of hydrogen-bond acceptors (Lipinski definition) is 2. The molecule has 0 aliphatic rings. The van der Waals surface area contributed by atoms with Gasteiger partial charge in [0.25, 0.3) is 0 Å². The van der Waals surface area contributed by atoms with Gasteiger partial charge < -0.3 is 5.11 Å². The van der Waals surface area contributed by atoms with Crippen LogP contribution in [0.4, 0.5) is 0 Å². The molecule has 0 aliphatic carbocycles. The second-order valence-electron chi connectivity index (χ2n) is 3.78. The Hall–Kier alpha value is -1.41. The van der Waals surface area contributed by atoms with Crippen LogP contribution < -0.4 is 0 Å². The zero-order valence-corrected chi connectivity index (χ0v) is 9.07. The Morgan fingerprint density at radius 2 is 2.13 bits per heavy atom. The molecule has 2 heteroatoms. The summed E-state index contributed by atoms with van der Waals surface area (Å²) >= 11 is 0. The van der Waals surface area contributed by atoms with Gasteiger partial charge in [-0.05, 0) is 36.4 Å². The highest BCUT2D eigenvalue weighted by Gasteiger charge is 2.07. The lowest BCUT2D eigenvalue weighted by Crippen LogP contribution is -1.96. The van der Waals surface area contributed by atoms with Crippen molar-refractivity contribution in [3.63, 3.8) is 0 Å². The van der Waals surface area contributed by atoms with E-state index >= 15 is 0 Å². The highest BCUT2D eigenvalue weighted by atomic mass is 16.3. The average molecular weight is 201 g/mol. The lowest BCUT2D eigenvalue weighted by atomic mass is 10.0. The quantitative estimate of drug-likeness (QED) is 0.810. The molecule has 0 amide bonds. The molecule has 0 saturated heterocycles. The summed E-state index contributed by atoms with van der Waals surface area (Å²) in [6.45, 7) is 3.87. The SMILES string of the molecule is CCc1ccc2ccnc(C(C)O)c2c1. The van der Waals surface area contributed by atoms with Gasteiger partial charge in [0, 0.05) is 11.6 Å². The number of fused-ring (bicyclic) bond motifs is 1. The van der Waals surface area contributed by atoms with Crippen molar-refractivity contribution in [1.29, 1.82) is 0 Å². The van der Waals surface area contributed by atoms with Crippen molar-refractivity contribution in [3.05, 3.63) is 41.7 Å². The zero-order chi connectivity index (χ0) is 10.8. The summed E-state index contributed by atoms with van der Waals surface area (Å²) in [6.07, 6.45) is 2.24. The first-order valence-corrected chi connectivity index (χ1v) is 5.28. The number of aryl methyl sites for hydroxylation is 1. The van der Waals surface area contributed by atoms with E-state index in [0.717, 1.165) is 22.9 Å². The highest BCUT2D eigenvalue weighted by Crippen LogP contribution is 2.23. The van der Waals surface area contributed by atoms with Crippen molar-refractivity contribution in [2.45, 2.75) is 26.4 Å². The fourth-order valence-electron chi connectivity index (χ4n) is 1.79. The van der Waals surface area contributed by atoms with Gasteiger partial charge in [-0.25, -0.2) is 0 Å². The topological polar surface area (TPSA) is 33.1 Å². The lowest BCUT2D eigenvalue weighted by Gasteiger charge is -2.08. The van der Waals surface area contributed by atoms with Crippen LogP contribution in [0.3, 0.4) is 0 Å². The maximum Gasteiger partial charge on any atom is 0.0938 e. The summed E-state index contributed by atoms with van der Waals surface area (Å²) in [7, 11) is 0. The third kappa shape index (κ3) is 1.85. The molecule has 1 N–H and O–H groups in total. The van der Waals surface area contributed by atoms with E-state index in [1.807, 2.05) is 6.07 Å². The van der Waals surface area contributed by atoms with Crippen LogP contribution in [0.25, 0.3) is 10.8 Å². The van der Waals surface area contributed by atoms with Crippen molar-refractivity contribution in [1.82, 2.24) is 4.98 Å². The minimum Gasteiger partial charge on any atom is -0.387 e. The molecule has 15 heavy (non-hydrogen) atoms. The summed E-state index contributed by atoms with van der Waals surface area (Å²) in [4.78, 5) is 4.23. The highest BCUT2D eigenvalue weighted by molar-refractivity contribution is 5.85. The minimum absolute atomic E-state index is 0.513. The fraction of sp³-hybridized carbons (Fsp3) is 0.308. The van der Waals surface area contributed by atoms with E-state index in [1.54, 1.807) is 13.1 Å². The second kappa shape index (κ2) is 3.99. The van der Waals surface area contributed by atoms with Gasteiger partial charge in [0.2, 0.25) is 0 Å². The van der Waals surface area contributed by atoms with Crippen LogP contribution in [0.15, 0.2) is 30.5 Å². The first kappa shape index (κ1) is 10.1. The predicted octanol–water partition coefficient (Wildman–Crippen LogP) is 2.85. The van der Waals surface area contributed by atoms with E-state index in [0.29, 0.717) is 0 Å². The molecule has 0 aliphatic heterocycles. The summed E-state index contributed by atoms with van der Waals surface area (Å²) < 4.78 is 0. The number of rotatable bonds is 2. The molecule has 1 heterocycles. The van der Waals surface area contributed by atoms with Gasteiger partial charge in [-0.15, -0.1) is 0 Å². The van der Waals surface area contributed by atoms with Crippen LogP contribution in [0.5, 0.6) is 0 Å². The lowest BCUT2D eigenvalue weighted by molar-refractivity contribution is 0.196. The molecule has 1 atom stereocenters. The molecule has 0 fully saturated rings. The maximum atomic E-state index is 9.62. The van der Waals surface area contributed by atoms with Crippen LogP contribution in [0.2, 0.25) is 0 Å². The van der Waals surface area contributed by atoms with Gasteiger partial charge in [0.15, 0.2) is 0 Å². The molecule has 0 bridgehead atoms. The molecule has 2 rings (SSSR count). The van der Waals surface area contributed by atoms with Crippen LogP contribution in [0.1, 0.15) is 31.2 Å².